The molecule has 0 radical (unpaired) electrons. The Kier molecular flexibility index (Phi) is 11.4. The Morgan fingerprint density at radius 3 is 2.58 bits per heavy atom. The number of halogens is 2. The molecule has 1 saturated heterocycles. The molecule has 0 spiro atoms. The van der Waals surface area contributed by atoms with Crippen LogP contribution in [0, 0.1) is 0 Å². The van der Waals surface area contributed by atoms with Crippen LogP contribution >= 0.6 is 11.6 Å². The first kappa shape index (κ1) is 23.9. The van der Waals surface area contributed by atoms with Crippen LogP contribution in [0.15, 0.2) is 0 Å². The zero-order valence-electron chi connectivity index (χ0n) is 15.1. The topological polar surface area (TPSA) is 81.6 Å². The summed E-state index contributed by atoms with van der Waals surface area (Å²) in [5.41, 5.74) is 3.76. The number of ether oxygens (including phenoxy) is 4. The minimum atomic E-state index is -0.544. The number of carbonyl (C=O) groups excluding carboxylic acids is 1. The maximum Gasteiger partial charge on any atom is 0.367 e. The molecule has 0 amide bonds. The van der Waals surface area contributed by atoms with Crippen molar-refractivity contribution in [3.05, 3.63) is 0 Å². The lowest BCUT2D eigenvalue weighted by atomic mass is 10.1. The van der Waals surface area contributed by atoms with E-state index in [0.717, 1.165) is 12.8 Å². The molecule has 1 aliphatic heterocycles. The second kappa shape index (κ2) is 11.5. The van der Waals surface area contributed by atoms with E-state index in [1.165, 1.54) is 0 Å². The van der Waals surface area contributed by atoms with Gasteiger partial charge in [0.15, 0.2) is 0 Å². The number of quaternary nitrogens is 1. The summed E-state index contributed by atoms with van der Waals surface area (Å²) in [6, 6.07) is -0.544. The van der Waals surface area contributed by atoms with E-state index in [0.29, 0.717) is 19.8 Å². The van der Waals surface area contributed by atoms with Crippen molar-refractivity contribution in [2.45, 2.75) is 69.8 Å². The molecule has 0 aromatic heterocycles. The highest BCUT2D eigenvalue weighted by atomic mass is 35.5. The van der Waals surface area contributed by atoms with Gasteiger partial charge in [0.1, 0.15) is 24.9 Å². The molecule has 1 fully saturated rings. The quantitative estimate of drug-likeness (QED) is 0.315. The van der Waals surface area contributed by atoms with E-state index in [-0.39, 0.29) is 31.1 Å². The molecule has 0 saturated carbocycles. The normalized spacial score (nSPS) is 29.0. The van der Waals surface area contributed by atoms with Crippen molar-refractivity contribution in [3.63, 3.8) is 0 Å². The summed E-state index contributed by atoms with van der Waals surface area (Å²) in [5, 5.41) is 0. The van der Waals surface area contributed by atoms with Crippen LogP contribution in [0.3, 0.4) is 0 Å². The molecule has 0 unspecified atom stereocenters. The highest BCUT2D eigenvalue weighted by molar-refractivity contribution is 6.23. The Hall–Kier alpha value is -0.110. The molecule has 1 heterocycles. The van der Waals surface area contributed by atoms with E-state index in [9.17, 15) is 4.79 Å². The zero-order valence-corrected chi connectivity index (χ0v) is 16.6. The first-order chi connectivity index (χ1) is 10.7. The van der Waals surface area contributed by atoms with Gasteiger partial charge in [-0.15, -0.1) is 11.6 Å². The van der Waals surface area contributed by atoms with Gasteiger partial charge in [-0.25, -0.2) is 4.79 Å². The van der Waals surface area contributed by atoms with Crippen LogP contribution in [0.25, 0.3) is 0 Å². The fraction of sp³-hybridized carbons (Fsp3) is 0.938. The maximum absolute atomic E-state index is 12.0. The van der Waals surface area contributed by atoms with E-state index in [1.807, 2.05) is 13.8 Å². The van der Waals surface area contributed by atoms with Gasteiger partial charge in [0, 0.05) is 6.61 Å². The summed E-state index contributed by atoms with van der Waals surface area (Å²) in [4.78, 5) is 11.4. The van der Waals surface area contributed by atoms with Crippen molar-refractivity contribution in [3.8, 4) is 0 Å². The molecule has 6 nitrogen and oxygen atoms in total. The summed E-state index contributed by atoms with van der Waals surface area (Å²) < 4.78 is 22.9. The Labute approximate surface area is 156 Å². The van der Waals surface area contributed by atoms with Gasteiger partial charge in [-0.1, -0.05) is 13.3 Å². The molecule has 1 aliphatic rings. The standard InChI is InChI=1S/C16H30ClNO5.ClH/c1-5-6-7-21-13-9-20-8-12(18)15(19)23-11(2)14(13)22-10-16(3,4)17;/h11-14H,5-10,18H2,1-4H3;1H/t11-,12-,13-,14-;/m0./s1. The SMILES string of the molecule is CCCCO[C@H]1COC[C@H]([NH3+])C(=O)O[C@@H](C)[C@@H]1OCC(C)(C)Cl.[Cl-]. The number of alkyl halides is 1. The molecule has 0 aliphatic carbocycles. The van der Waals surface area contributed by atoms with Crippen LogP contribution in [0.5, 0.6) is 0 Å². The average molecular weight is 388 g/mol. The van der Waals surface area contributed by atoms with E-state index in [1.54, 1.807) is 6.92 Å². The van der Waals surface area contributed by atoms with Crippen molar-refractivity contribution in [1.29, 1.82) is 0 Å². The molecule has 1 rings (SSSR count). The van der Waals surface area contributed by atoms with Gasteiger partial charge >= 0.3 is 5.97 Å². The number of rotatable bonds is 7. The fourth-order valence-electron chi connectivity index (χ4n) is 2.20. The minimum absolute atomic E-state index is 0. The Morgan fingerprint density at radius 2 is 2.00 bits per heavy atom. The average Bonchev–Trinajstić information content (AvgIpc) is 2.49. The monoisotopic (exact) mass is 387 g/mol. The summed E-state index contributed by atoms with van der Waals surface area (Å²) in [6.07, 6.45) is 0.794. The van der Waals surface area contributed by atoms with Crippen LogP contribution in [-0.2, 0) is 23.7 Å². The number of carbonyl (C=O) groups is 1. The number of hydrogen-bond donors (Lipinski definition) is 1. The summed E-state index contributed by atoms with van der Waals surface area (Å²) in [5.74, 6) is -0.384. The van der Waals surface area contributed by atoms with E-state index < -0.39 is 23.1 Å². The molecule has 144 valence electrons. The van der Waals surface area contributed by atoms with Crippen molar-refractivity contribution in [1.82, 2.24) is 0 Å². The molecule has 3 N–H and O–H groups in total. The van der Waals surface area contributed by atoms with Gasteiger partial charge in [-0.3, -0.25) is 0 Å². The molecule has 4 atom stereocenters. The van der Waals surface area contributed by atoms with Crippen LogP contribution in [0.1, 0.15) is 40.5 Å². The first-order valence-electron chi connectivity index (χ1n) is 8.28. The van der Waals surface area contributed by atoms with Crippen molar-refractivity contribution in [2.75, 3.05) is 26.4 Å². The van der Waals surface area contributed by atoms with Gasteiger partial charge in [0.2, 0.25) is 6.04 Å². The maximum atomic E-state index is 12.0. The number of hydrogen-bond acceptors (Lipinski definition) is 5. The summed E-state index contributed by atoms with van der Waals surface area (Å²) >= 11 is 6.22. The lowest BCUT2D eigenvalue weighted by Crippen LogP contribution is -3.00. The zero-order chi connectivity index (χ0) is 17.5. The predicted molar refractivity (Wildman–Crippen MR) is 87.4 cm³/mol. The highest BCUT2D eigenvalue weighted by Crippen LogP contribution is 2.20. The van der Waals surface area contributed by atoms with Crippen LogP contribution in [0.2, 0.25) is 0 Å². The van der Waals surface area contributed by atoms with Gasteiger partial charge in [-0.05, 0) is 27.2 Å². The van der Waals surface area contributed by atoms with Crippen molar-refractivity contribution >= 4 is 17.6 Å². The molecular weight excluding hydrogens is 357 g/mol. The van der Waals surface area contributed by atoms with Crippen molar-refractivity contribution in [2.24, 2.45) is 0 Å². The highest BCUT2D eigenvalue weighted by Gasteiger charge is 2.36. The molecule has 24 heavy (non-hydrogen) atoms. The Balaban J connectivity index is 0.00000529. The third kappa shape index (κ3) is 8.83. The van der Waals surface area contributed by atoms with Crippen LogP contribution in [0.4, 0.5) is 0 Å². The van der Waals surface area contributed by atoms with Crippen molar-refractivity contribution < 1.29 is 41.9 Å². The molecule has 0 aromatic carbocycles. The minimum Gasteiger partial charge on any atom is -1.00 e. The second-order valence-electron chi connectivity index (χ2n) is 6.63. The molecule has 0 bridgehead atoms. The Morgan fingerprint density at radius 1 is 1.33 bits per heavy atom. The summed E-state index contributed by atoms with van der Waals surface area (Å²) in [6.45, 7) is 9.14. The fourth-order valence-corrected chi connectivity index (χ4v) is 2.26. The third-order valence-electron chi connectivity index (χ3n) is 3.51. The third-order valence-corrected chi connectivity index (χ3v) is 3.62. The van der Waals surface area contributed by atoms with Gasteiger partial charge < -0.3 is 37.1 Å². The number of cyclic esters (lactones) is 1. The van der Waals surface area contributed by atoms with Gasteiger partial charge in [0.25, 0.3) is 0 Å². The number of unbranched alkanes of at least 4 members (excludes halogenated alkanes) is 1. The lowest BCUT2D eigenvalue weighted by Gasteiger charge is -2.32. The lowest BCUT2D eigenvalue weighted by molar-refractivity contribution is -0.415. The second-order valence-corrected chi connectivity index (χ2v) is 7.66. The first-order valence-corrected chi connectivity index (χ1v) is 8.66. The van der Waals surface area contributed by atoms with Gasteiger partial charge in [0.05, 0.1) is 18.1 Å². The van der Waals surface area contributed by atoms with Gasteiger partial charge in [-0.2, -0.15) is 0 Å². The largest absolute Gasteiger partial charge is 1.00 e. The smallest absolute Gasteiger partial charge is 0.367 e. The van der Waals surface area contributed by atoms with Crippen LogP contribution < -0.4 is 18.1 Å². The number of esters is 1. The summed E-state index contributed by atoms with van der Waals surface area (Å²) in [7, 11) is 0. The molecular formula is C16H31Cl2NO5. The predicted octanol–water partition coefficient (Wildman–Crippen LogP) is -1.85. The van der Waals surface area contributed by atoms with Crippen LogP contribution in [-0.4, -0.2) is 61.6 Å². The molecule has 0 aromatic rings. The van der Waals surface area contributed by atoms with E-state index in [2.05, 4.69) is 12.7 Å². The Bertz CT molecular complexity index is 365. The van der Waals surface area contributed by atoms with E-state index >= 15 is 0 Å². The van der Waals surface area contributed by atoms with E-state index in [4.69, 9.17) is 30.5 Å². The molecule has 8 heteroatoms.